The maximum absolute atomic E-state index is 4.44. The Kier molecular flexibility index (Phi) is 4.31. The first-order valence-corrected chi connectivity index (χ1v) is 6.54. The summed E-state index contributed by atoms with van der Waals surface area (Å²) >= 11 is 0. The van der Waals surface area contributed by atoms with Crippen LogP contribution in [-0.2, 0) is 6.54 Å². The zero-order valence-electron chi connectivity index (χ0n) is 10.8. The molecule has 0 bridgehead atoms. The molecule has 1 N–H and O–H groups in total. The lowest BCUT2D eigenvalue weighted by Gasteiger charge is -2.23. The molecule has 1 saturated carbocycles. The van der Waals surface area contributed by atoms with Crippen LogP contribution in [0.4, 0.5) is 5.82 Å². The Morgan fingerprint density at radius 3 is 2.65 bits per heavy atom. The van der Waals surface area contributed by atoms with Gasteiger partial charge in [0, 0.05) is 19.1 Å². The Morgan fingerprint density at radius 1 is 1.29 bits per heavy atom. The van der Waals surface area contributed by atoms with Crippen molar-refractivity contribution < 1.29 is 0 Å². The van der Waals surface area contributed by atoms with Gasteiger partial charge in [-0.1, -0.05) is 12.8 Å². The van der Waals surface area contributed by atoms with Crippen molar-refractivity contribution in [2.75, 3.05) is 18.9 Å². The minimum absolute atomic E-state index is 0.741. The summed E-state index contributed by atoms with van der Waals surface area (Å²) in [7, 11) is 2.19. The number of hydrogen-bond donors (Lipinski definition) is 1. The van der Waals surface area contributed by atoms with Gasteiger partial charge in [0.25, 0.3) is 0 Å². The highest BCUT2D eigenvalue weighted by Crippen LogP contribution is 2.23. The summed E-state index contributed by atoms with van der Waals surface area (Å²) in [6, 6.07) is 0.741. The molecular weight excluding hydrogens is 212 g/mol. The summed E-state index contributed by atoms with van der Waals surface area (Å²) in [5, 5.41) is 3.16. The fraction of sp³-hybridized carbons (Fsp3) is 0.692. The average Bonchev–Trinajstić information content (AvgIpc) is 2.86. The summed E-state index contributed by atoms with van der Waals surface area (Å²) < 4.78 is 0. The lowest BCUT2D eigenvalue weighted by atomic mass is 10.2. The van der Waals surface area contributed by atoms with Gasteiger partial charge in [0.2, 0.25) is 0 Å². The van der Waals surface area contributed by atoms with Gasteiger partial charge in [0.05, 0.1) is 18.1 Å². The first-order chi connectivity index (χ1) is 8.29. The number of aromatic nitrogens is 2. The Balaban J connectivity index is 1.89. The fourth-order valence-electron chi connectivity index (χ4n) is 2.44. The Bertz CT molecular complexity index is 330. The largest absolute Gasteiger partial charge is 0.369 e. The Labute approximate surface area is 103 Å². The number of nitrogens with zero attached hydrogens (tertiary/aromatic N) is 3. The van der Waals surface area contributed by atoms with Crippen LogP contribution in [0.1, 0.15) is 38.3 Å². The van der Waals surface area contributed by atoms with Crippen molar-refractivity contribution in [2.24, 2.45) is 0 Å². The molecule has 0 amide bonds. The highest BCUT2D eigenvalue weighted by molar-refractivity contribution is 5.30. The van der Waals surface area contributed by atoms with E-state index >= 15 is 0 Å². The molecule has 4 nitrogen and oxygen atoms in total. The van der Waals surface area contributed by atoms with E-state index in [0.29, 0.717) is 0 Å². The lowest BCUT2D eigenvalue weighted by Crippen LogP contribution is -2.28. The summed E-state index contributed by atoms with van der Waals surface area (Å²) in [4.78, 5) is 11.2. The van der Waals surface area contributed by atoms with Gasteiger partial charge in [-0.25, -0.2) is 4.98 Å². The van der Waals surface area contributed by atoms with Crippen molar-refractivity contribution in [3.8, 4) is 0 Å². The number of anilines is 1. The van der Waals surface area contributed by atoms with Crippen LogP contribution in [0.2, 0.25) is 0 Å². The van der Waals surface area contributed by atoms with Crippen molar-refractivity contribution in [1.82, 2.24) is 14.9 Å². The summed E-state index contributed by atoms with van der Waals surface area (Å²) in [6.07, 6.45) is 9.11. The van der Waals surface area contributed by atoms with Crippen LogP contribution >= 0.6 is 0 Å². The van der Waals surface area contributed by atoms with Crippen molar-refractivity contribution >= 4 is 5.82 Å². The van der Waals surface area contributed by atoms with E-state index in [0.717, 1.165) is 30.6 Å². The molecule has 1 aliphatic carbocycles. The predicted octanol–water partition coefficient (Wildman–Crippen LogP) is 2.28. The molecule has 2 rings (SSSR count). The molecule has 17 heavy (non-hydrogen) atoms. The van der Waals surface area contributed by atoms with Gasteiger partial charge >= 0.3 is 0 Å². The topological polar surface area (TPSA) is 41.1 Å². The molecule has 1 heterocycles. The molecule has 1 aromatic heterocycles. The van der Waals surface area contributed by atoms with E-state index in [4.69, 9.17) is 0 Å². The first-order valence-electron chi connectivity index (χ1n) is 6.54. The molecule has 1 fully saturated rings. The van der Waals surface area contributed by atoms with E-state index in [1.807, 2.05) is 12.4 Å². The third-order valence-electron chi connectivity index (χ3n) is 3.42. The van der Waals surface area contributed by atoms with Crippen molar-refractivity contribution in [2.45, 2.75) is 45.2 Å². The minimum Gasteiger partial charge on any atom is -0.369 e. The van der Waals surface area contributed by atoms with Gasteiger partial charge in [-0.15, -0.1) is 0 Å². The summed E-state index contributed by atoms with van der Waals surface area (Å²) in [5.74, 6) is 0.861. The molecule has 0 atom stereocenters. The van der Waals surface area contributed by atoms with Crippen LogP contribution < -0.4 is 5.32 Å². The molecule has 0 radical (unpaired) electrons. The summed E-state index contributed by atoms with van der Waals surface area (Å²) in [6.45, 7) is 3.85. The third kappa shape index (κ3) is 3.40. The molecule has 1 aliphatic rings. The van der Waals surface area contributed by atoms with Crippen LogP contribution in [-0.4, -0.2) is 34.5 Å². The van der Waals surface area contributed by atoms with E-state index in [1.54, 1.807) is 0 Å². The Morgan fingerprint density at radius 2 is 2.06 bits per heavy atom. The molecule has 0 aliphatic heterocycles. The molecule has 0 spiro atoms. The molecule has 4 heteroatoms. The molecule has 0 unspecified atom stereocenters. The normalized spacial score (nSPS) is 16.6. The van der Waals surface area contributed by atoms with Crippen LogP contribution in [0.3, 0.4) is 0 Å². The molecular formula is C13H22N4. The SMILES string of the molecule is CCNc1cnc(CN(C)C2CCCC2)cn1. The van der Waals surface area contributed by atoms with Gasteiger partial charge in [-0.05, 0) is 26.8 Å². The second kappa shape index (κ2) is 5.96. The van der Waals surface area contributed by atoms with E-state index in [-0.39, 0.29) is 0 Å². The van der Waals surface area contributed by atoms with E-state index in [2.05, 4.69) is 34.2 Å². The van der Waals surface area contributed by atoms with Gasteiger partial charge in [0.15, 0.2) is 0 Å². The third-order valence-corrected chi connectivity index (χ3v) is 3.42. The van der Waals surface area contributed by atoms with Gasteiger partial charge < -0.3 is 5.32 Å². The maximum Gasteiger partial charge on any atom is 0.144 e. The van der Waals surface area contributed by atoms with Crippen molar-refractivity contribution in [1.29, 1.82) is 0 Å². The maximum atomic E-state index is 4.44. The standard InChI is InChI=1S/C13H22N4/c1-3-14-13-9-15-11(8-16-13)10-17(2)12-6-4-5-7-12/h8-9,12H,3-7,10H2,1-2H3,(H,14,16). The predicted molar refractivity (Wildman–Crippen MR) is 69.9 cm³/mol. The second-order valence-electron chi connectivity index (χ2n) is 4.78. The molecule has 94 valence electrons. The second-order valence-corrected chi connectivity index (χ2v) is 4.78. The Hall–Kier alpha value is -1.16. The van der Waals surface area contributed by atoms with Crippen LogP contribution in [0.5, 0.6) is 0 Å². The molecule has 0 aromatic carbocycles. The zero-order valence-corrected chi connectivity index (χ0v) is 10.8. The zero-order chi connectivity index (χ0) is 12.1. The van der Waals surface area contributed by atoms with E-state index in [9.17, 15) is 0 Å². The van der Waals surface area contributed by atoms with Crippen LogP contribution in [0.25, 0.3) is 0 Å². The first kappa shape index (κ1) is 12.3. The van der Waals surface area contributed by atoms with Gasteiger partial charge in [-0.2, -0.15) is 0 Å². The fourth-order valence-corrected chi connectivity index (χ4v) is 2.44. The van der Waals surface area contributed by atoms with Crippen LogP contribution in [0.15, 0.2) is 12.4 Å². The monoisotopic (exact) mass is 234 g/mol. The minimum atomic E-state index is 0.741. The number of nitrogens with one attached hydrogen (secondary N) is 1. The quantitative estimate of drug-likeness (QED) is 0.848. The average molecular weight is 234 g/mol. The van der Waals surface area contributed by atoms with Crippen molar-refractivity contribution in [3.63, 3.8) is 0 Å². The smallest absolute Gasteiger partial charge is 0.144 e. The van der Waals surface area contributed by atoms with E-state index in [1.165, 1.54) is 25.7 Å². The number of hydrogen-bond acceptors (Lipinski definition) is 4. The molecule has 1 aromatic rings. The van der Waals surface area contributed by atoms with E-state index < -0.39 is 0 Å². The number of rotatable bonds is 5. The molecule has 0 saturated heterocycles. The lowest BCUT2D eigenvalue weighted by molar-refractivity contribution is 0.234. The highest BCUT2D eigenvalue weighted by atomic mass is 15.1. The van der Waals surface area contributed by atoms with Crippen molar-refractivity contribution in [3.05, 3.63) is 18.1 Å². The highest BCUT2D eigenvalue weighted by Gasteiger charge is 2.19. The van der Waals surface area contributed by atoms with Gasteiger partial charge in [-0.3, -0.25) is 9.88 Å². The van der Waals surface area contributed by atoms with Gasteiger partial charge in [0.1, 0.15) is 5.82 Å². The van der Waals surface area contributed by atoms with Crippen LogP contribution in [0, 0.1) is 0 Å². The summed E-state index contributed by atoms with van der Waals surface area (Å²) in [5.41, 5.74) is 1.06.